The Morgan fingerprint density at radius 1 is 1.30 bits per heavy atom. The molecule has 1 aromatic heterocycles. The Balaban J connectivity index is 1.53. The largest absolute Gasteiger partial charge is 0.416 e. The second kappa shape index (κ2) is 9.61. The molecule has 0 amide bonds. The molecule has 1 aromatic carbocycles. The number of benzene rings is 1. The fourth-order valence-corrected chi connectivity index (χ4v) is 2.82. The van der Waals surface area contributed by atoms with Crippen LogP contribution in [0, 0.1) is 5.82 Å². The molecule has 0 radical (unpaired) electrons. The van der Waals surface area contributed by atoms with Crippen LogP contribution in [0.2, 0.25) is 0 Å². The molecular formula is C19H19F4N5O2. The van der Waals surface area contributed by atoms with Crippen LogP contribution in [-0.2, 0) is 22.1 Å². The Bertz CT molecular complexity index is 914. The summed E-state index contributed by atoms with van der Waals surface area (Å²) in [6.07, 6.45) is -2.42. The highest BCUT2D eigenvalue weighted by molar-refractivity contribution is 5.92. The van der Waals surface area contributed by atoms with Crippen molar-refractivity contribution in [3.05, 3.63) is 47.4 Å². The molecule has 30 heavy (non-hydrogen) atoms. The van der Waals surface area contributed by atoms with Crippen molar-refractivity contribution in [3.63, 3.8) is 0 Å². The number of hydrogen-bond acceptors (Lipinski definition) is 7. The third-order valence-electron chi connectivity index (χ3n) is 4.27. The average molecular weight is 425 g/mol. The molecule has 1 aliphatic rings. The van der Waals surface area contributed by atoms with Gasteiger partial charge in [-0.3, -0.25) is 4.79 Å². The van der Waals surface area contributed by atoms with Crippen molar-refractivity contribution in [2.45, 2.75) is 19.0 Å². The van der Waals surface area contributed by atoms with E-state index in [2.05, 4.69) is 20.5 Å². The zero-order chi connectivity index (χ0) is 21.6. The van der Waals surface area contributed by atoms with Crippen molar-refractivity contribution in [2.24, 2.45) is 5.10 Å². The monoisotopic (exact) mass is 425 g/mol. The third-order valence-corrected chi connectivity index (χ3v) is 4.27. The number of ketones is 1. The summed E-state index contributed by atoms with van der Waals surface area (Å²) < 4.78 is 57.4. The summed E-state index contributed by atoms with van der Waals surface area (Å²) in [5.41, 5.74) is 1.99. The summed E-state index contributed by atoms with van der Waals surface area (Å²) in [4.78, 5) is 21.6. The molecule has 0 spiro atoms. The Kier molecular flexibility index (Phi) is 6.93. The van der Waals surface area contributed by atoms with Gasteiger partial charge in [0.25, 0.3) is 0 Å². The Labute approximate surface area is 169 Å². The van der Waals surface area contributed by atoms with Crippen molar-refractivity contribution in [3.8, 4) is 0 Å². The van der Waals surface area contributed by atoms with Gasteiger partial charge in [-0.15, -0.1) is 0 Å². The molecular weight excluding hydrogens is 406 g/mol. The molecule has 1 N–H and O–H groups in total. The summed E-state index contributed by atoms with van der Waals surface area (Å²) in [6.45, 7) is 1.94. The quantitative estimate of drug-likeness (QED) is 0.417. The molecule has 11 heteroatoms. The first kappa shape index (κ1) is 21.6. The van der Waals surface area contributed by atoms with Crippen LogP contribution in [0.3, 0.4) is 0 Å². The Hall–Kier alpha value is -3.08. The van der Waals surface area contributed by atoms with Crippen LogP contribution in [0.5, 0.6) is 0 Å². The van der Waals surface area contributed by atoms with E-state index in [-0.39, 0.29) is 36.0 Å². The first-order valence-electron chi connectivity index (χ1n) is 9.13. The zero-order valence-corrected chi connectivity index (χ0v) is 15.8. The number of rotatable bonds is 7. The molecule has 1 fully saturated rings. The average Bonchev–Trinajstić information content (AvgIpc) is 2.72. The van der Waals surface area contributed by atoms with Gasteiger partial charge >= 0.3 is 6.18 Å². The molecule has 0 aliphatic carbocycles. The maximum atomic E-state index is 14.0. The van der Waals surface area contributed by atoms with Gasteiger partial charge in [-0.25, -0.2) is 14.8 Å². The van der Waals surface area contributed by atoms with E-state index in [1.165, 1.54) is 18.3 Å². The van der Waals surface area contributed by atoms with Crippen molar-refractivity contribution in [2.75, 3.05) is 36.6 Å². The van der Waals surface area contributed by atoms with Crippen LogP contribution in [0.25, 0.3) is 0 Å². The number of aromatic nitrogens is 2. The number of halogens is 4. The van der Waals surface area contributed by atoms with E-state index in [9.17, 15) is 22.4 Å². The SMILES string of the molecule is O=C(C/C=N/Nc1ncc(F)c(N2CCOCC2)n1)Cc1cccc(C(F)(F)F)c1. The third kappa shape index (κ3) is 5.96. The summed E-state index contributed by atoms with van der Waals surface area (Å²) in [5, 5.41) is 3.83. The van der Waals surface area contributed by atoms with Crippen molar-refractivity contribution < 1.29 is 27.1 Å². The van der Waals surface area contributed by atoms with E-state index >= 15 is 0 Å². The number of nitrogens with one attached hydrogen (secondary N) is 1. The van der Waals surface area contributed by atoms with Crippen LogP contribution in [0.1, 0.15) is 17.5 Å². The van der Waals surface area contributed by atoms with Gasteiger partial charge in [0, 0.05) is 32.1 Å². The lowest BCUT2D eigenvalue weighted by atomic mass is 10.0. The number of hydrazone groups is 1. The molecule has 0 atom stereocenters. The Morgan fingerprint density at radius 2 is 2.07 bits per heavy atom. The van der Waals surface area contributed by atoms with Gasteiger partial charge in [-0.2, -0.15) is 23.3 Å². The fourth-order valence-electron chi connectivity index (χ4n) is 2.82. The Morgan fingerprint density at radius 3 is 2.80 bits per heavy atom. The topological polar surface area (TPSA) is 79.7 Å². The number of ether oxygens (including phenoxy) is 1. The van der Waals surface area contributed by atoms with Gasteiger partial charge in [-0.1, -0.05) is 18.2 Å². The predicted molar refractivity (Wildman–Crippen MR) is 102 cm³/mol. The van der Waals surface area contributed by atoms with Crippen LogP contribution >= 0.6 is 0 Å². The van der Waals surface area contributed by atoms with Crippen molar-refractivity contribution >= 4 is 23.8 Å². The van der Waals surface area contributed by atoms with Gasteiger partial charge < -0.3 is 9.64 Å². The molecule has 2 heterocycles. The molecule has 1 saturated heterocycles. The number of Topliss-reactive ketones (excluding diaryl/α,β-unsaturated/α-hetero) is 1. The lowest BCUT2D eigenvalue weighted by Crippen LogP contribution is -2.37. The molecule has 7 nitrogen and oxygen atoms in total. The number of nitrogens with zero attached hydrogens (tertiary/aromatic N) is 4. The summed E-state index contributed by atoms with van der Waals surface area (Å²) >= 11 is 0. The van der Waals surface area contributed by atoms with E-state index in [1.807, 2.05) is 0 Å². The van der Waals surface area contributed by atoms with E-state index < -0.39 is 17.6 Å². The zero-order valence-electron chi connectivity index (χ0n) is 15.8. The van der Waals surface area contributed by atoms with E-state index in [0.717, 1.165) is 18.3 Å². The maximum absolute atomic E-state index is 14.0. The molecule has 0 saturated carbocycles. The van der Waals surface area contributed by atoms with Crippen LogP contribution < -0.4 is 10.3 Å². The van der Waals surface area contributed by atoms with Gasteiger partial charge in [-0.05, 0) is 11.6 Å². The lowest BCUT2D eigenvalue weighted by Gasteiger charge is -2.27. The van der Waals surface area contributed by atoms with Gasteiger partial charge in [0.05, 0.1) is 25.0 Å². The number of carbonyl (C=O) groups excluding carboxylic acids is 1. The normalized spacial score (nSPS) is 14.9. The summed E-state index contributed by atoms with van der Waals surface area (Å²) in [5.74, 6) is -0.692. The standard InChI is InChI=1S/C19H19F4N5O2/c20-16-12-24-18(26-17(16)28-6-8-30-9-7-28)27-25-5-4-15(29)11-13-2-1-3-14(10-13)19(21,22)23/h1-3,5,10,12H,4,6-9,11H2,(H,24,26,27)/b25-5+. The van der Waals surface area contributed by atoms with Gasteiger partial charge in [0.15, 0.2) is 11.6 Å². The molecule has 0 unspecified atom stereocenters. The van der Waals surface area contributed by atoms with Crippen molar-refractivity contribution in [1.82, 2.24) is 9.97 Å². The second-order valence-corrected chi connectivity index (χ2v) is 6.51. The number of hydrogen-bond donors (Lipinski definition) is 1. The minimum absolute atomic E-state index is 0.0551. The molecule has 160 valence electrons. The van der Waals surface area contributed by atoms with E-state index in [0.29, 0.717) is 26.3 Å². The summed E-state index contributed by atoms with van der Waals surface area (Å²) in [6, 6.07) is 4.63. The minimum atomic E-state index is -4.46. The summed E-state index contributed by atoms with van der Waals surface area (Å²) in [7, 11) is 0. The first-order valence-corrected chi connectivity index (χ1v) is 9.13. The molecule has 0 bridgehead atoms. The van der Waals surface area contributed by atoms with Crippen molar-refractivity contribution in [1.29, 1.82) is 0 Å². The number of anilines is 2. The van der Waals surface area contributed by atoms with Crippen LogP contribution in [0.15, 0.2) is 35.6 Å². The van der Waals surface area contributed by atoms with Gasteiger partial charge in [0.2, 0.25) is 5.95 Å². The maximum Gasteiger partial charge on any atom is 0.416 e. The predicted octanol–water partition coefficient (Wildman–Crippen LogP) is 3.07. The van der Waals surface area contributed by atoms with E-state index in [4.69, 9.17) is 4.74 Å². The lowest BCUT2D eigenvalue weighted by molar-refractivity contribution is -0.137. The minimum Gasteiger partial charge on any atom is -0.378 e. The van der Waals surface area contributed by atoms with Crippen LogP contribution in [-0.4, -0.2) is 48.3 Å². The number of carbonyl (C=O) groups is 1. The second-order valence-electron chi connectivity index (χ2n) is 6.51. The number of alkyl halides is 3. The highest BCUT2D eigenvalue weighted by Crippen LogP contribution is 2.29. The number of morpholine rings is 1. The van der Waals surface area contributed by atoms with E-state index in [1.54, 1.807) is 4.90 Å². The first-order chi connectivity index (χ1) is 14.3. The smallest absolute Gasteiger partial charge is 0.378 e. The molecule has 3 rings (SSSR count). The van der Waals surface area contributed by atoms with Gasteiger partial charge in [0.1, 0.15) is 5.78 Å². The molecule has 2 aromatic rings. The highest BCUT2D eigenvalue weighted by Gasteiger charge is 2.30. The van der Waals surface area contributed by atoms with Crippen LogP contribution in [0.4, 0.5) is 29.3 Å². The molecule has 1 aliphatic heterocycles. The fraction of sp³-hybridized carbons (Fsp3) is 0.368. The highest BCUT2D eigenvalue weighted by atomic mass is 19.4.